The van der Waals surface area contributed by atoms with E-state index in [2.05, 4.69) is 10.2 Å². The molecule has 4 nitrogen and oxygen atoms in total. The first-order chi connectivity index (χ1) is 8.81. The SMILES string of the molecule is O=C(O)CC1(CSc2ccc(C(F)(F)F)nn2)CC1. The third-order valence-corrected chi connectivity index (χ3v) is 4.21. The first-order valence-electron chi connectivity index (χ1n) is 5.56. The van der Waals surface area contributed by atoms with Gasteiger partial charge in [0.1, 0.15) is 5.03 Å². The van der Waals surface area contributed by atoms with Crippen molar-refractivity contribution in [2.75, 3.05) is 5.75 Å². The number of carboxylic acids is 1. The Morgan fingerprint density at radius 1 is 1.37 bits per heavy atom. The number of aliphatic carboxylic acids is 1. The van der Waals surface area contributed by atoms with Crippen molar-refractivity contribution in [1.82, 2.24) is 10.2 Å². The summed E-state index contributed by atoms with van der Waals surface area (Å²) in [6, 6.07) is 2.14. The molecule has 19 heavy (non-hydrogen) atoms. The van der Waals surface area contributed by atoms with Gasteiger partial charge in [-0.1, -0.05) is 0 Å². The number of nitrogens with zero attached hydrogens (tertiary/aromatic N) is 2. The summed E-state index contributed by atoms with van der Waals surface area (Å²) >= 11 is 1.25. The van der Waals surface area contributed by atoms with Gasteiger partial charge in [-0.05, 0) is 30.4 Å². The largest absolute Gasteiger partial charge is 0.481 e. The van der Waals surface area contributed by atoms with Crippen LogP contribution in [0.25, 0.3) is 0 Å². The lowest BCUT2D eigenvalue weighted by Crippen LogP contribution is -2.12. The minimum Gasteiger partial charge on any atom is -0.481 e. The molecule has 1 aromatic rings. The highest BCUT2D eigenvalue weighted by Gasteiger charge is 2.44. The van der Waals surface area contributed by atoms with Crippen LogP contribution in [0.3, 0.4) is 0 Å². The number of aromatic nitrogens is 2. The van der Waals surface area contributed by atoms with Gasteiger partial charge in [-0.15, -0.1) is 22.0 Å². The molecule has 0 bridgehead atoms. The molecule has 1 heterocycles. The number of carboxylic acid groups (broad SMARTS) is 1. The highest BCUT2D eigenvalue weighted by Crippen LogP contribution is 2.51. The molecule has 104 valence electrons. The van der Waals surface area contributed by atoms with Gasteiger partial charge in [-0.2, -0.15) is 13.2 Å². The maximum Gasteiger partial charge on any atom is 0.435 e. The Hall–Kier alpha value is -1.31. The zero-order chi connectivity index (χ0) is 14.1. The Morgan fingerprint density at radius 3 is 2.47 bits per heavy atom. The van der Waals surface area contributed by atoms with Crippen LogP contribution in [-0.4, -0.2) is 27.0 Å². The van der Waals surface area contributed by atoms with Crippen LogP contribution >= 0.6 is 11.8 Å². The first kappa shape index (κ1) is 14.1. The van der Waals surface area contributed by atoms with Crippen molar-refractivity contribution in [3.05, 3.63) is 17.8 Å². The van der Waals surface area contributed by atoms with E-state index in [1.807, 2.05) is 0 Å². The average Bonchev–Trinajstić information content (AvgIpc) is 3.05. The average molecular weight is 292 g/mol. The van der Waals surface area contributed by atoms with Gasteiger partial charge in [0.05, 0.1) is 6.42 Å². The van der Waals surface area contributed by atoms with Gasteiger partial charge in [0.15, 0.2) is 5.69 Å². The second-order valence-corrected chi connectivity index (χ2v) is 5.61. The standard InChI is InChI=1S/C11H11F3N2O2S/c12-11(13,14)7-1-2-8(16-15-7)19-6-10(3-4-10)5-9(17)18/h1-2H,3-6H2,(H,17,18). The number of rotatable bonds is 5. The van der Waals surface area contributed by atoms with Gasteiger partial charge >= 0.3 is 12.1 Å². The number of hydrogen-bond acceptors (Lipinski definition) is 4. The summed E-state index contributed by atoms with van der Waals surface area (Å²) in [5.74, 6) is -0.309. The van der Waals surface area contributed by atoms with Crippen LogP contribution in [0.5, 0.6) is 0 Å². The second kappa shape index (κ2) is 4.99. The summed E-state index contributed by atoms with van der Waals surface area (Å²) in [4.78, 5) is 10.7. The Kier molecular flexibility index (Phi) is 3.71. The fraction of sp³-hybridized carbons (Fsp3) is 0.545. The fourth-order valence-corrected chi connectivity index (χ4v) is 2.75. The van der Waals surface area contributed by atoms with E-state index in [9.17, 15) is 18.0 Å². The zero-order valence-electron chi connectivity index (χ0n) is 9.78. The van der Waals surface area contributed by atoms with Crippen molar-refractivity contribution in [3.63, 3.8) is 0 Å². The van der Waals surface area contributed by atoms with Crippen molar-refractivity contribution >= 4 is 17.7 Å². The lowest BCUT2D eigenvalue weighted by Gasteiger charge is -2.11. The molecule has 1 fully saturated rings. The van der Waals surface area contributed by atoms with Gasteiger partial charge in [0, 0.05) is 5.75 Å². The highest BCUT2D eigenvalue weighted by molar-refractivity contribution is 7.99. The predicted octanol–water partition coefficient (Wildman–Crippen LogP) is 2.84. The topological polar surface area (TPSA) is 63.1 Å². The zero-order valence-corrected chi connectivity index (χ0v) is 10.6. The van der Waals surface area contributed by atoms with Gasteiger partial charge in [0.25, 0.3) is 0 Å². The number of carbonyl (C=O) groups is 1. The van der Waals surface area contributed by atoms with Crippen molar-refractivity contribution in [3.8, 4) is 0 Å². The molecular formula is C11H11F3N2O2S. The Balaban J connectivity index is 1.92. The summed E-state index contributed by atoms with van der Waals surface area (Å²) < 4.78 is 36.8. The molecule has 0 unspecified atom stereocenters. The van der Waals surface area contributed by atoms with Crippen molar-refractivity contribution in [1.29, 1.82) is 0 Å². The minimum absolute atomic E-state index is 0.0913. The second-order valence-electron chi connectivity index (χ2n) is 4.61. The van der Waals surface area contributed by atoms with E-state index in [0.717, 1.165) is 18.9 Å². The quantitative estimate of drug-likeness (QED) is 0.845. The number of halogens is 3. The van der Waals surface area contributed by atoms with E-state index in [4.69, 9.17) is 5.11 Å². The molecule has 8 heteroatoms. The van der Waals surface area contributed by atoms with E-state index in [1.54, 1.807) is 0 Å². The van der Waals surface area contributed by atoms with Crippen LogP contribution in [0.1, 0.15) is 25.0 Å². The molecule has 1 N–H and O–H groups in total. The van der Waals surface area contributed by atoms with Crippen molar-refractivity contribution < 1.29 is 23.1 Å². The summed E-state index contributed by atoms with van der Waals surface area (Å²) in [6.07, 6.45) is -2.73. The van der Waals surface area contributed by atoms with Crippen LogP contribution in [0.15, 0.2) is 17.2 Å². The summed E-state index contributed by atoms with van der Waals surface area (Å²) in [7, 11) is 0. The van der Waals surface area contributed by atoms with Gasteiger partial charge < -0.3 is 5.11 Å². The normalized spacial score (nSPS) is 17.2. The van der Waals surface area contributed by atoms with Crippen LogP contribution in [0.2, 0.25) is 0 Å². The van der Waals surface area contributed by atoms with E-state index >= 15 is 0 Å². The third kappa shape index (κ3) is 3.82. The van der Waals surface area contributed by atoms with Crippen LogP contribution in [0.4, 0.5) is 13.2 Å². The molecule has 1 aliphatic rings. The molecule has 0 spiro atoms. The molecular weight excluding hydrogens is 281 g/mol. The molecule has 1 aromatic heterocycles. The molecule has 2 rings (SSSR count). The molecule has 1 aliphatic carbocycles. The summed E-state index contributed by atoms with van der Waals surface area (Å²) in [5.41, 5.74) is -1.25. The molecule has 0 radical (unpaired) electrons. The van der Waals surface area contributed by atoms with Crippen LogP contribution in [0, 0.1) is 5.41 Å². The maximum absolute atomic E-state index is 12.3. The number of alkyl halides is 3. The molecule has 1 saturated carbocycles. The van der Waals surface area contributed by atoms with E-state index in [0.29, 0.717) is 10.8 Å². The smallest absolute Gasteiger partial charge is 0.435 e. The lowest BCUT2D eigenvalue weighted by molar-refractivity contribution is -0.142. The minimum atomic E-state index is -4.49. The summed E-state index contributed by atoms with van der Waals surface area (Å²) in [5, 5.41) is 15.7. The molecule has 0 aliphatic heterocycles. The van der Waals surface area contributed by atoms with Gasteiger partial charge in [-0.25, -0.2) is 0 Å². The maximum atomic E-state index is 12.3. The monoisotopic (exact) mass is 292 g/mol. The number of hydrogen-bond donors (Lipinski definition) is 1. The molecule has 0 atom stereocenters. The van der Waals surface area contributed by atoms with Crippen molar-refractivity contribution in [2.45, 2.75) is 30.5 Å². The Labute approximate surface area is 111 Å². The van der Waals surface area contributed by atoms with E-state index in [1.165, 1.54) is 17.8 Å². The highest BCUT2D eigenvalue weighted by atomic mass is 32.2. The first-order valence-corrected chi connectivity index (χ1v) is 6.55. The third-order valence-electron chi connectivity index (χ3n) is 2.94. The number of thioether (sulfide) groups is 1. The summed E-state index contributed by atoms with van der Waals surface area (Å²) in [6.45, 7) is 0. The fourth-order valence-electron chi connectivity index (χ4n) is 1.64. The molecule has 0 saturated heterocycles. The Morgan fingerprint density at radius 2 is 2.05 bits per heavy atom. The van der Waals surface area contributed by atoms with Crippen LogP contribution in [-0.2, 0) is 11.0 Å². The molecule has 0 amide bonds. The van der Waals surface area contributed by atoms with E-state index in [-0.39, 0.29) is 11.8 Å². The van der Waals surface area contributed by atoms with Crippen molar-refractivity contribution in [2.24, 2.45) is 5.41 Å². The molecule has 0 aromatic carbocycles. The van der Waals surface area contributed by atoms with Gasteiger partial charge in [-0.3, -0.25) is 4.79 Å². The van der Waals surface area contributed by atoms with Crippen LogP contribution < -0.4 is 0 Å². The van der Waals surface area contributed by atoms with E-state index < -0.39 is 17.8 Å². The lowest BCUT2D eigenvalue weighted by atomic mass is 10.1. The van der Waals surface area contributed by atoms with Gasteiger partial charge in [0.2, 0.25) is 0 Å². The Bertz CT molecular complexity index is 472. The predicted molar refractivity (Wildman–Crippen MR) is 61.7 cm³/mol.